The number of rotatable bonds is 3. The second kappa shape index (κ2) is 7.81. The molecule has 6 atom stereocenters. The van der Waals surface area contributed by atoms with Crippen molar-refractivity contribution in [1.82, 2.24) is 0 Å². The van der Waals surface area contributed by atoms with Crippen LogP contribution in [-0.2, 0) is 20.9 Å². The number of carbonyl (C=O) groups is 1. The third-order valence-corrected chi connectivity index (χ3v) is 11.4. The number of esters is 1. The maximum atomic E-state index is 13.2. The third-order valence-electron chi connectivity index (χ3n) is 11.4. The monoisotopic (exact) mass is 474 g/mol. The molecule has 0 N–H and O–H groups in total. The average Bonchev–Trinajstić information content (AvgIpc) is 3.20. The summed E-state index contributed by atoms with van der Waals surface area (Å²) in [6.07, 6.45) is 10.8. The van der Waals surface area contributed by atoms with Crippen LogP contribution in [0.25, 0.3) is 0 Å². The lowest BCUT2D eigenvalue weighted by molar-refractivity contribution is -0.171. The number of ether oxygens (including phenoxy) is 2. The van der Waals surface area contributed by atoms with Crippen molar-refractivity contribution in [2.75, 3.05) is 6.61 Å². The van der Waals surface area contributed by atoms with Crippen molar-refractivity contribution in [3.05, 3.63) is 58.7 Å². The molecule has 3 saturated carbocycles. The summed E-state index contributed by atoms with van der Waals surface area (Å²) in [6.45, 7) is 13.5. The molecule has 3 heteroatoms. The average molecular weight is 475 g/mol. The number of benzene rings is 1. The number of carbonyl (C=O) groups excluding carboxylic acids is 1. The summed E-state index contributed by atoms with van der Waals surface area (Å²) in [5, 5.41) is 0. The van der Waals surface area contributed by atoms with Crippen LogP contribution in [-0.4, -0.2) is 18.7 Å². The quantitative estimate of drug-likeness (QED) is 0.338. The van der Waals surface area contributed by atoms with Gasteiger partial charge in [-0.15, -0.1) is 0 Å². The van der Waals surface area contributed by atoms with Gasteiger partial charge in [0, 0.05) is 5.41 Å². The first-order valence-electron chi connectivity index (χ1n) is 13.9. The molecule has 3 fully saturated rings. The van der Waals surface area contributed by atoms with E-state index in [0.717, 1.165) is 24.3 Å². The van der Waals surface area contributed by atoms with Gasteiger partial charge in [0.2, 0.25) is 0 Å². The molecular weight excluding hydrogens is 432 g/mol. The molecular formula is C32H42O3. The molecule has 0 saturated heterocycles. The molecule has 0 spiro atoms. The van der Waals surface area contributed by atoms with Crippen LogP contribution >= 0.6 is 0 Å². The Kier molecular flexibility index (Phi) is 5.25. The molecule has 1 aromatic rings. The topological polar surface area (TPSA) is 35.5 Å². The normalized spacial score (nSPS) is 41.8. The Morgan fingerprint density at radius 3 is 2.54 bits per heavy atom. The van der Waals surface area contributed by atoms with Crippen LogP contribution in [0.5, 0.6) is 0 Å². The number of fused-ring (bicyclic) bond motifs is 6. The Morgan fingerprint density at radius 2 is 1.77 bits per heavy atom. The van der Waals surface area contributed by atoms with Crippen LogP contribution in [0.3, 0.4) is 0 Å². The Bertz CT molecular complexity index is 1100. The van der Waals surface area contributed by atoms with Gasteiger partial charge >= 0.3 is 5.97 Å². The molecule has 6 rings (SSSR count). The van der Waals surface area contributed by atoms with Gasteiger partial charge in [0.25, 0.3) is 0 Å². The van der Waals surface area contributed by atoms with Crippen LogP contribution in [0.2, 0.25) is 0 Å². The standard InChI is InChI=1S/C32H42O3/c1-29(2)15-9-16-30(3)23(29)14-17-31(4)24-13-12-22-20-35-28(33)27(22)32(24,5)26(18-25(30)31)34-19-21-10-7-6-8-11-21/h6-8,10-11,13,23,25-26H,9,12,14-20H2,1-5H3/t23?,25-,26-,30+,31+,32-/m1/s1. The number of allylic oxidation sites excluding steroid dienone is 1. The van der Waals surface area contributed by atoms with Crippen molar-refractivity contribution < 1.29 is 14.3 Å². The van der Waals surface area contributed by atoms with Crippen LogP contribution < -0.4 is 0 Å². The summed E-state index contributed by atoms with van der Waals surface area (Å²) in [5.74, 6) is 1.20. The zero-order valence-corrected chi connectivity index (χ0v) is 22.3. The Labute approximate surface area is 211 Å². The first-order chi connectivity index (χ1) is 16.6. The van der Waals surface area contributed by atoms with E-state index in [0.29, 0.717) is 30.0 Å². The molecule has 0 bridgehead atoms. The van der Waals surface area contributed by atoms with Crippen molar-refractivity contribution >= 4 is 5.97 Å². The molecule has 1 heterocycles. The molecule has 1 unspecified atom stereocenters. The number of cyclic esters (lactones) is 1. The first kappa shape index (κ1) is 23.5. The highest BCUT2D eigenvalue weighted by molar-refractivity contribution is 5.95. The summed E-state index contributed by atoms with van der Waals surface area (Å²) in [5.41, 5.74) is 5.15. The van der Waals surface area contributed by atoms with E-state index in [1.807, 2.05) is 0 Å². The minimum atomic E-state index is -0.408. The summed E-state index contributed by atoms with van der Waals surface area (Å²) in [4.78, 5) is 13.2. The van der Waals surface area contributed by atoms with E-state index in [9.17, 15) is 4.79 Å². The second-order valence-corrected chi connectivity index (χ2v) is 13.5. The fourth-order valence-electron chi connectivity index (χ4n) is 9.87. The molecule has 1 aromatic carbocycles. The van der Waals surface area contributed by atoms with Gasteiger partial charge in [-0.2, -0.15) is 0 Å². The zero-order chi connectivity index (χ0) is 24.6. The van der Waals surface area contributed by atoms with E-state index in [2.05, 4.69) is 71.0 Å². The largest absolute Gasteiger partial charge is 0.458 e. The predicted octanol–water partition coefficient (Wildman–Crippen LogP) is 7.41. The van der Waals surface area contributed by atoms with Crippen molar-refractivity contribution in [3.63, 3.8) is 0 Å². The molecule has 5 aliphatic rings. The van der Waals surface area contributed by atoms with Crippen LogP contribution in [0.1, 0.15) is 85.1 Å². The minimum Gasteiger partial charge on any atom is -0.458 e. The molecule has 35 heavy (non-hydrogen) atoms. The Hall–Kier alpha value is -1.87. The van der Waals surface area contributed by atoms with Crippen LogP contribution in [0, 0.1) is 33.5 Å². The maximum Gasteiger partial charge on any atom is 0.335 e. The van der Waals surface area contributed by atoms with E-state index >= 15 is 0 Å². The molecule has 0 aromatic heterocycles. The lowest BCUT2D eigenvalue weighted by atomic mass is 9.37. The summed E-state index contributed by atoms with van der Waals surface area (Å²) < 4.78 is 12.5. The Morgan fingerprint density at radius 1 is 1.00 bits per heavy atom. The van der Waals surface area contributed by atoms with Gasteiger partial charge in [-0.3, -0.25) is 0 Å². The van der Waals surface area contributed by atoms with Gasteiger partial charge in [-0.25, -0.2) is 4.79 Å². The first-order valence-corrected chi connectivity index (χ1v) is 13.9. The molecule has 3 nitrogen and oxygen atoms in total. The summed E-state index contributed by atoms with van der Waals surface area (Å²) in [6, 6.07) is 10.5. The number of hydrogen-bond donors (Lipinski definition) is 0. The van der Waals surface area contributed by atoms with Crippen LogP contribution in [0.15, 0.2) is 53.1 Å². The van der Waals surface area contributed by atoms with Crippen molar-refractivity contribution in [2.24, 2.45) is 33.5 Å². The minimum absolute atomic E-state index is 0.0244. The lowest BCUT2D eigenvalue weighted by Crippen LogP contribution is -2.62. The fraction of sp³-hybridized carbons (Fsp3) is 0.656. The zero-order valence-electron chi connectivity index (χ0n) is 22.3. The van der Waals surface area contributed by atoms with E-state index in [-0.39, 0.29) is 17.5 Å². The van der Waals surface area contributed by atoms with E-state index in [1.165, 1.54) is 48.8 Å². The van der Waals surface area contributed by atoms with Gasteiger partial charge in [0.15, 0.2) is 0 Å². The highest BCUT2D eigenvalue weighted by Crippen LogP contribution is 2.72. The molecule has 0 amide bonds. The van der Waals surface area contributed by atoms with E-state index in [1.54, 1.807) is 0 Å². The van der Waals surface area contributed by atoms with Gasteiger partial charge in [-0.05, 0) is 84.7 Å². The van der Waals surface area contributed by atoms with Gasteiger partial charge in [-0.1, -0.05) is 76.1 Å². The predicted molar refractivity (Wildman–Crippen MR) is 138 cm³/mol. The fourth-order valence-corrected chi connectivity index (χ4v) is 9.87. The SMILES string of the molecule is CC1(C)CCC[C@@]2(C)C1CC[C@@]1(C)C3=CCC4=C(C(=O)OC4)[C@@]3(C)[C@H](OCc3ccccc3)C[C@@H]12. The molecule has 1 aliphatic heterocycles. The lowest BCUT2D eigenvalue weighted by Gasteiger charge is -2.68. The summed E-state index contributed by atoms with van der Waals surface area (Å²) >= 11 is 0. The van der Waals surface area contributed by atoms with Gasteiger partial charge < -0.3 is 9.47 Å². The highest BCUT2D eigenvalue weighted by Gasteiger charge is 2.67. The Balaban J connectivity index is 1.44. The molecule has 0 radical (unpaired) electrons. The van der Waals surface area contributed by atoms with E-state index in [4.69, 9.17) is 9.47 Å². The van der Waals surface area contributed by atoms with Crippen molar-refractivity contribution in [2.45, 2.75) is 92.3 Å². The van der Waals surface area contributed by atoms with E-state index < -0.39 is 5.41 Å². The molecule has 188 valence electrons. The van der Waals surface area contributed by atoms with Crippen molar-refractivity contribution in [3.8, 4) is 0 Å². The number of hydrogen-bond acceptors (Lipinski definition) is 3. The third kappa shape index (κ3) is 3.22. The summed E-state index contributed by atoms with van der Waals surface area (Å²) in [7, 11) is 0. The highest BCUT2D eigenvalue weighted by atomic mass is 16.5. The van der Waals surface area contributed by atoms with Gasteiger partial charge in [0.05, 0.1) is 18.3 Å². The van der Waals surface area contributed by atoms with Crippen LogP contribution in [0.4, 0.5) is 0 Å². The smallest absolute Gasteiger partial charge is 0.335 e. The molecule has 4 aliphatic carbocycles. The second-order valence-electron chi connectivity index (χ2n) is 13.5. The maximum absolute atomic E-state index is 13.2. The van der Waals surface area contributed by atoms with Gasteiger partial charge in [0.1, 0.15) is 6.61 Å². The van der Waals surface area contributed by atoms with Crippen molar-refractivity contribution in [1.29, 1.82) is 0 Å².